The molecule has 6 aromatic rings. The highest BCUT2D eigenvalue weighted by Crippen LogP contribution is 2.33. The maximum absolute atomic E-state index is 13.9. The third-order valence-corrected chi connectivity index (χ3v) is 10.7. The van der Waals surface area contributed by atoms with Gasteiger partial charge in [-0.2, -0.15) is 0 Å². The summed E-state index contributed by atoms with van der Waals surface area (Å²) < 4.78 is 0. The summed E-state index contributed by atoms with van der Waals surface area (Å²) in [5.74, 6) is 0.767. The molecule has 4 atom stereocenters. The van der Waals surface area contributed by atoms with E-state index in [1.54, 1.807) is 22.2 Å². The summed E-state index contributed by atoms with van der Waals surface area (Å²) in [4.78, 5) is 71.9. The standard InChI is InChI=1S/C46H44N10O4/c1-47-45(59)53-39(33-11-5-3-6-12-33)43(57)55-25-9-15-37(55)41-49-27-35(51-41)31-21-17-29(18-22-31)30-19-23-32(24-20-30)36-28-50-42(52-36)38-16-10-26-56(38)44(58)40(54-46(60)48-2)34-13-7-4-8-14-34/h3-24,27-28,37-40H,25-26H2,1-2H3,(H,49,51)(H,50,52)(H2,47,53,59)(H2,48,54,60)/t37?,38?,39-,40?/m0/s1. The highest BCUT2D eigenvalue weighted by molar-refractivity contribution is 5.90. The van der Waals surface area contributed by atoms with Crippen LogP contribution in [0, 0.1) is 0 Å². The Labute approximate surface area is 346 Å². The summed E-state index contributed by atoms with van der Waals surface area (Å²) in [7, 11) is 3.03. The van der Waals surface area contributed by atoms with E-state index in [4.69, 9.17) is 0 Å². The van der Waals surface area contributed by atoms with Crippen LogP contribution < -0.4 is 21.3 Å². The van der Waals surface area contributed by atoms with Crippen molar-refractivity contribution < 1.29 is 19.2 Å². The van der Waals surface area contributed by atoms with Gasteiger partial charge in [0.2, 0.25) is 0 Å². The van der Waals surface area contributed by atoms with Crippen LogP contribution in [0.1, 0.15) is 46.9 Å². The first-order valence-corrected chi connectivity index (χ1v) is 19.6. The highest BCUT2D eigenvalue weighted by atomic mass is 16.2. The van der Waals surface area contributed by atoms with Gasteiger partial charge in [-0.3, -0.25) is 9.59 Å². The van der Waals surface area contributed by atoms with Gasteiger partial charge >= 0.3 is 12.1 Å². The van der Waals surface area contributed by atoms with Gasteiger partial charge in [0.15, 0.2) is 0 Å². The van der Waals surface area contributed by atoms with Gasteiger partial charge in [0.05, 0.1) is 23.8 Å². The number of hydrogen-bond acceptors (Lipinski definition) is 6. The number of aromatic nitrogens is 4. The molecule has 0 saturated carbocycles. The number of hydrogen-bond donors (Lipinski definition) is 6. The number of imidazole rings is 2. The lowest BCUT2D eigenvalue weighted by Gasteiger charge is -2.28. The molecule has 302 valence electrons. The average molecular weight is 801 g/mol. The van der Waals surface area contributed by atoms with Crippen LogP contribution in [0.5, 0.6) is 0 Å². The first kappa shape index (κ1) is 39.1. The molecule has 0 aliphatic carbocycles. The van der Waals surface area contributed by atoms with Crippen molar-refractivity contribution >= 4 is 23.9 Å². The van der Waals surface area contributed by atoms with Crippen molar-refractivity contribution in [2.45, 2.75) is 24.2 Å². The Hall–Kier alpha value is -7.74. The molecule has 0 spiro atoms. The SMILES string of the molecule is CNC(=O)NC(C(=O)N1CC=CC1c1ncc(-c2ccc(-c3ccc(-c4cnc(C5C=CCN5C(=O)[C@@H](NC(=O)NC)c5ccccc5)[nH]4)cc3)cc2)[nH]1)c1ccccc1. The van der Waals surface area contributed by atoms with E-state index in [1.165, 1.54) is 14.1 Å². The van der Waals surface area contributed by atoms with Crippen LogP contribution in [0.15, 0.2) is 146 Å². The van der Waals surface area contributed by atoms with Crippen molar-refractivity contribution in [3.63, 3.8) is 0 Å². The molecule has 60 heavy (non-hydrogen) atoms. The lowest BCUT2D eigenvalue weighted by molar-refractivity contribution is -0.134. The van der Waals surface area contributed by atoms with Crippen LogP contribution in [0.3, 0.4) is 0 Å². The Kier molecular flexibility index (Phi) is 11.3. The van der Waals surface area contributed by atoms with E-state index in [0.717, 1.165) is 33.6 Å². The van der Waals surface area contributed by atoms with Crippen LogP contribution in [0.2, 0.25) is 0 Å². The Balaban J connectivity index is 0.930. The van der Waals surface area contributed by atoms with Crippen molar-refractivity contribution in [1.82, 2.24) is 51.0 Å². The first-order chi connectivity index (χ1) is 29.3. The number of aromatic amines is 2. The van der Waals surface area contributed by atoms with E-state index in [2.05, 4.69) is 65.5 Å². The maximum Gasteiger partial charge on any atom is 0.315 e. The maximum atomic E-state index is 13.9. The number of rotatable bonds is 11. The van der Waals surface area contributed by atoms with Crippen LogP contribution in [-0.2, 0) is 9.59 Å². The molecule has 4 aromatic carbocycles. The molecule has 3 unspecified atom stereocenters. The number of urea groups is 2. The number of nitrogens with one attached hydrogen (secondary N) is 6. The van der Waals surface area contributed by atoms with Gasteiger partial charge in [0.25, 0.3) is 11.8 Å². The Morgan fingerprint density at radius 3 is 1.28 bits per heavy atom. The molecule has 2 aliphatic heterocycles. The van der Waals surface area contributed by atoms with Crippen molar-refractivity contribution in [2.24, 2.45) is 0 Å². The third-order valence-electron chi connectivity index (χ3n) is 10.7. The van der Waals surface area contributed by atoms with Gasteiger partial charge in [-0.1, -0.05) is 133 Å². The van der Waals surface area contributed by atoms with E-state index >= 15 is 0 Å². The molecule has 0 bridgehead atoms. The van der Waals surface area contributed by atoms with E-state index in [0.29, 0.717) is 35.9 Å². The quantitative estimate of drug-likeness (QED) is 0.0831. The normalized spacial score (nSPS) is 16.6. The summed E-state index contributed by atoms with van der Waals surface area (Å²) in [5, 5.41) is 10.7. The van der Waals surface area contributed by atoms with E-state index < -0.39 is 36.2 Å². The number of carbonyl (C=O) groups excluding carboxylic acids is 4. The second kappa shape index (κ2) is 17.4. The zero-order valence-electron chi connectivity index (χ0n) is 33.0. The molecular weight excluding hydrogens is 757 g/mol. The predicted molar refractivity (Wildman–Crippen MR) is 228 cm³/mol. The molecular formula is C46H44N10O4. The van der Waals surface area contributed by atoms with Gasteiger partial charge in [0.1, 0.15) is 35.8 Å². The van der Waals surface area contributed by atoms with Gasteiger partial charge < -0.3 is 41.0 Å². The van der Waals surface area contributed by atoms with Gasteiger partial charge in [-0.15, -0.1) is 0 Å². The van der Waals surface area contributed by atoms with Crippen LogP contribution >= 0.6 is 0 Å². The molecule has 4 heterocycles. The molecule has 0 fully saturated rings. The largest absolute Gasteiger partial charge is 0.341 e. The van der Waals surface area contributed by atoms with E-state index in [-0.39, 0.29) is 11.8 Å². The molecule has 8 rings (SSSR count). The summed E-state index contributed by atoms with van der Waals surface area (Å²) in [6.45, 7) is 0.777. The lowest BCUT2D eigenvalue weighted by Crippen LogP contribution is -2.45. The minimum absolute atomic E-state index is 0.240. The van der Waals surface area contributed by atoms with Crippen molar-refractivity contribution in [3.05, 3.63) is 169 Å². The summed E-state index contributed by atoms with van der Waals surface area (Å²) >= 11 is 0. The van der Waals surface area contributed by atoms with Crippen molar-refractivity contribution in [1.29, 1.82) is 0 Å². The molecule has 6 amide bonds. The second-order valence-electron chi connectivity index (χ2n) is 14.4. The fraction of sp³-hybridized carbons (Fsp3) is 0.174. The summed E-state index contributed by atoms with van der Waals surface area (Å²) in [6.07, 6.45) is 11.3. The van der Waals surface area contributed by atoms with Gasteiger partial charge in [0, 0.05) is 27.2 Å². The molecule has 2 aliphatic rings. The zero-order valence-corrected chi connectivity index (χ0v) is 33.0. The number of H-pyrrole nitrogens is 2. The molecule has 0 radical (unpaired) electrons. The Morgan fingerprint density at radius 2 is 0.917 bits per heavy atom. The van der Waals surface area contributed by atoms with E-state index in [9.17, 15) is 19.2 Å². The molecule has 2 aromatic heterocycles. The molecule has 0 saturated heterocycles. The monoisotopic (exact) mass is 800 g/mol. The Morgan fingerprint density at radius 1 is 0.550 bits per heavy atom. The number of benzene rings is 4. The Bertz CT molecular complexity index is 2350. The zero-order chi connectivity index (χ0) is 41.6. The van der Waals surface area contributed by atoms with Crippen LogP contribution in [0.25, 0.3) is 33.6 Å². The van der Waals surface area contributed by atoms with Crippen molar-refractivity contribution in [2.75, 3.05) is 27.2 Å². The topological polar surface area (TPSA) is 180 Å². The minimum Gasteiger partial charge on any atom is -0.341 e. The van der Waals surface area contributed by atoms with E-state index in [1.807, 2.05) is 109 Å². The van der Waals surface area contributed by atoms with Gasteiger partial charge in [-0.25, -0.2) is 19.6 Å². The molecule has 6 N–H and O–H groups in total. The molecule has 14 nitrogen and oxygen atoms in total. The predicted octanol–water partition coefficient (Wildman–Crippen LogP) is 6.35. The summed E-state index contributed by atoms with van der Waals surface area (Å²) in [5.41, 5.74) is 6.95. The van der Waals surface area contributed by atoms with Crippen LogP contribution in [-0.4, -0.2) is 80.8 Å². The van der Waals surface area contributed by atoms with Gasteiger partial charge in [-0.05, 0) is 33.4 Å². The number of amides is 6. The number of nitrogens with zero attached hydrogens (tertiary/aromatic N) is 4. The first-order valence-electron chi connectivity index (χ1n) is 19.6. The smallest absolute Gasteiger partial charge is 0.315 e. The van der Waals surface area contributed by atoms with Crippen molar-refractivity contribution in [3.8, 4) is 33.6 Å². The number of carbonyl (C=O) groups is 4. The minimum atomic E-state index is -0.862. The fourth-order valence-corrected chi connectivity index (χ4v) is 7.53. The fourth-order valence-electron chi connectivity index (χ4n) is 7.53. The summed E-state index contributed by atoms with van der Waals surface area (Å²) in [6, 6.07) is 31.3. The third kappa shape index (κ3) is 8.16. The second-order valence-corrected chi connectivity index (χ2v) is 14.4. The average Bonchev–Trinajstić information content (AvgIpc) is 4.15. The highest BCUT2D eigenvalue weighted by Gasteiger charge is 2.36. The van der Waals surface area contributed by atoms with Crippen LogP contribution in [0.4, 0.5) is 9.59 Å². The lowest BCUT2D eigenvalue weighted by atomic mass is 10.0. The molecule has 14 heteroatoms.